The van der Waals surface area contributed by atoms with Gasteiger partial charge in [-0.1, -0.05) is 27.2 Å². The minimum Gasteiger partial charge on any atom is -0.389 e. The van der Waals surface area contributed by atoms with Crippen molar-refractivity contribution in [3.8, 4) is 0 Å². The lowest BCUT2D eigenvalue weighted by atomic mass is 9.70. The highest BCUT2D eigenvalue weighted by atomic mass is 16.5. The number of aliphatic hydroxyl groups is 1. The van der Waals surface area contributed by atoms with Crippen molar-refractivity contribution in [2.45, 2.75) is 71.5 Å². The van der Waals surface area contributed by atoms with Crippen LogP contribution in [0.2, 0.25) is 0 Å². The van der Waals surface area contributed by atoms with Crippen molar-refractivity contribution in [3.05, 3.63) is 0 Å². The molecule has 0 aromatic carbocycles. The monoisotopic (exact) mass is 295 g/mol. The number of nitrogens with zero attached hydrogens (tertiary/aromatic N) is 1. The number of piperidine rings is 1. The van der Waals surface area contributed by atoms with Gasteiger partial charge in [-0.25, -0.2) is 0 Å². The van der Waals surface area contributed by atoms with Gasteiger partial charge in [0.05, 0.1) is 18.8 Å². The molecule has 3 nitrogen and oxygen atoms in total. The number of fused-ring (bicyclic) bond motifs is 2. The van der Waals surface area contributed by atoms with Crippen molar-refractivity contribution < 1.29 is 9.84 Å². The fourth-order valence-electron chi connectivity index (χ4n) is 5.37. The Morgan fingerprint density at radius 1 is 1.19 bits per heavy atom. The molecule has 1 saturated heterocycles. The molecule has 3 rings (SSSR count). The summed E-state index contributed by atoms with van der Waals surface area (Å²) in [5.74, 6) is 0.812. The molecule has 0 aromatic rings. The average Bonchev–Trinajstić information content (AvgIpc) is 2.90. The fraction of sp³-hybridized carbons (Fsp3) is 1.00. The molecule has 0 amide bonds. The van der Waals surface area contributed by atoms with Crippen LogP contribution in [0.15, 0.2) is 0 Å². The van der Waals surface area contributed by atoms with E-state index >= 15 is 0 Å². The first-order valence-corrected chi connectivity index (χ1v) is 8.94. The van der Waals surface area contributed by atoms with Gasteiger partial charge in [0.15, 0.2) is 0 Å². The zero-order valence-corrected chi connectivity index (χ0v) is 14.1. The second-order valence-corrected chi connectivity index (χ2v) is 8.64. The largest absolute Gasteiger partial charge is 0.389 e. The van der Waals surface area contributed by atoms with E-state index in [4.69, 9.17) is 4.74 Å². The zero-order chi connectivity index (χ0) is 15.1. The summed E-state index contributed by atoms with van der Waals surface area (Å²) in [7, 11) is 0. The topological polar surface area (TPSA) is 32.7 Å². The molecule has 1 heterocycles. The minimum absolute atomic E-state index is 0.276. The molecule has 0 aromatic heterocycles. The van der Waals surface area contributed by atoms with Gasteiger partial charge in [-0.3, -0.25) is 0 Å². The van der Waals surface area contributed by atoms with Crippen LogP contribution >= 0.6 is 0 Å². The third-order valence-electron chi connectivity index (χ3n) is 6.51. The lowest BCUT2D eigenvalue weighted by Gasteiger charge is -2.42. The number of hydrogen-bond donors (Lipinski definition) is 1. The molecule has 1 N–H and O–H groups in total. The summed E-state index contributed by atoms with van der Waals surface area (Å²) in [4.78, 5) is 2.39. The Morgan fingerprint density at radius 2 is 1.90 bits per heavy atom. The van der Waals surface area contributed by atoms with Crippen LogP contribution in [0.4, 0.5) is 0 Å². The predicted octanol–water partition coefficient (Wildman–Crippen LogP) is 3.06. The van der Waals surface area contributed by atoms with Gasteiger partial charge in [0.1, 0.15) is 0 Å². The van der Waals surface area contributed by atoms with Crippen molar-refractivity contribution in [1.29, 1.82) is 0 Å². The molecule has 3 fully saturated rings. The highest BCUT2D eigenvalue weighted by molar-refractivity contribution is 5.09. The highest BCUT2D eigenvalue weighted by Gasteiger charge is 2.60. The number of β-amino-alcohol motifs (C(OH)–C–C–N with tert-alkyl or cyclic N) is 1. The van der Waals surface area contributed by atoms with E-state index in [-0.39, 0.29) is 11.5 Å². The van der Waals surface area contributed by atoms with Crippen LogP contribution < -0.4 is 0 Å². The van der Waals surface area contributed by atoms with Crippen molar-refractivity contribution in [2.75, 3.05) is 26.2 Å². The Kier molecular flexibility index (Phi) is 4.37. The maximum Gasteiger partial charge on any atom is 0.0900 e. The normalized spacial score (nSPS) is 40.6. The Morgan fingerprint density at radius 3 is 2.52 bits per heavy atom. The molecule has 1 aliphatic heterocycles. The van der Waals surface area contributed by atoms with Gasteiger partial charge >= 0.3 is 0 Å². The van der Waals surface area contributed by atoms with Gasteiger partial charge in [-0.15, -0.1) is 0 Å². The molecular weight excluding hydrogens is 262 g/mol. The van der Waals surface area contributed by atoms with Crippen LogP contribution in [-0.4, -0.2) is 48.5 Å². The zero-order valence-electron chi connectivity index (χ0n) is 14.1. The van der Waals surface area contributed by atoms with E-state index < -0.39 is 0 Å². The predicted molar refractivity (Wildman–Crippen MR) is 85.3 cm³/mol. The van der Waals surface area contributed by atoms with Crippen LogP contribution in [0.5, 0.6) is 0 Å². The average molecular weight is 295 g/mol. The summed E-state index contributed by atoms with van der Waals surface area (Å²) in [5.41, 5.74) is 0.622. The van der Waals surface area contributed by atoms with Gasteiger partial charge < -0.3 is 14.7 Å². The van der Waals surface area contributed by atoms with Gasteiger partial charge in [0.2, 0.25) is 0 Å². The fourth-order valence-corrected chi connectivity index (χ4v) is 5.37. The molecule has 3 heteroatoms. The number of rotatable bonds is 5. The molecule has 3 aliphatic rings. The second-order valence-electron chi connectivity index (χ2n) is 8.64. The van der Waals surface area contributed by atoms with Gasteiger partial charge in [0, 0.05) is 6.54 Å². The van der Waals surface area contributed by atoms with Crippen molar-refractivity contribution in [3.63, 3.8) is 0 Å². The van der Waals surface area contributed by atoms with Crippen LogP contribution in [0, 0.1) is 16.7 Å². The Labute approximate surface area is 130 Å². The standard InChI is InChI=1S/C18H33NO2/c1-17(2)14-7-8-18(3,11-14)16(17)21-13-15(20)12-19-9-5-4-6-10-19/h14-16,20H,4-13H2,1-3H3/t14-,15+,16+,18-/m0/s1. The molecule has 0 radical (unpaired) electrons. The number of likely N-dealkylation sites (tertiary alicyclic amines) is 1. The SMILES string of the molecule is CC1(C)[C@H]2CC[C@@](C)(C2)[C@@H]1OC[C@H](O)CN1CCCCC1. The Hall–Kier alpha value is -0.120. The second kappa shape index (κ2) is 5.82. The maximum atomic E-state index is 10.3. The van der Waals surface area contributed by atoms with E-state index in [1.165, 1.54) is 38.5 Å². The third kappa shape index (κ3) is 3.02. The molecule has 0 spiro atoms. The summed E-state index contributed by atoms with van der Waals surface area (Å²) in [5, 5.41) is 10.3. The highest BCUT2D eigenvalue weighted by Crippen LogP contribution is 2.63. The maximum absolute atomic E-state index is 10.3. The van der Waals surface area contributed by atoms with Crippen molar-refractivity contribution >= 4 is 0 Å². The minimum atomic E-state index is -0.332. The van der Waals surface area contributed by atoms with Crippen LogP contribution in [0.3, 0.4) is 0 Å². The molecular formula is C18H33NO2. The van der Waals surface area contributed by atoms with Crippen LogP contribution in [0.25, 0.3) is 0 Å². The first-order valence-electron chi connectivity index (χ1n) is 8.94. The van der Waals surface area contributed by atoms with Gasteiger partial charge in [-0.05, 0) is 61.9 Å². The van der Waals surface area contributed by atoms with Crippen molar-refractivity contribution in [2.24, 2.45) is 16.7 Å². The number of ether oxygens (including phenoxy) is 1. The lowest BCUT2D eigenvalue weighted by molar-refractivity contribution is -0.113. The Bertz CT molecular complexity index is 359. The van der Waals surface area contributed by atoms with E-state index in [2.05, 4.69) is 25.7 Å². The molecule has 2 saturated carbocycles. The summed E-state index contributed by atoms with van der Waals surface area (Å²) in [6, 6.07) is 0. The van der Waals surface area contributed by atoms with Crippen molar-refractivity contribution in [1.82, 2.24) is 4.90 Å². The summed E-state index contributed by atoms with van der Waals surface area (Å²) in [6.07, 6.45) is 7.87. The van der Waals surface area contributed by atoms with E-state index in [0.29, 0.717) is 18.1 Å². The van der Waals surface area contributed by atoms with Gasteiger partial charge in [0.25, 0.3) is 0 Å². The van der Waals surface area contributed by atoms with E-state index in [1.807, 2.05) is 0 Å². The molecule has 0 unspecified atom stereocenters. The molecule has 21 heavy (non-hydrogen) atoms. The lowest BCUT2D eigenvalue weighted by Crippen LogP contribution is -2.45. The quantitative estimate of drug-likeness (QED) is 0.846. The van der Waals surface area contributed by atoms with Crippen LogP contribution in [0.1, 0.15) is 59.3 Å². The third-order valence-corrected chi connectivity index (χ3v) is 6.51. The van der Waals surface area contributed by atoms with Gasteiger partial charge in [-0.2, -0.15) is 0 Å². The van der Waals surface area contributed by atoms with E-state index in [0.717, 1.165) is 25.6 Å². The molecule has 4 atom stereocenters. The summed E-state index contributed by atoms with van der Waals surface area (Å²) in [6.45, 7) is 10.7. The number of aliphatic hydroxyl groups excluding tert-OH is 1. The molecule has 122 valence electrons. The Balaban J connectivity index is 1.50. The van der Waals surface area contributed by atoms with E-state index in [1.54, 1.807) is 0 Å². The first kappa shape index (κ1) is 15.8. The first-order chi connectivity index (χ1) is 9.92. The smallest absolute Gasteiger partial charge is 0.0900 e. The van der Waals surface area contributed by atoms with E-state index in [9.17, 15) is 5.11 Å². The number of hydrogen-bond acceptors (Lipinski definition) is 3. The molecule has 2 aliphatic carbocycles. The molecule has 2 bridgehead atoms. The van der Waals surface area contributed by atoms with Crippen LogP contribution in [-0.2, 0) is 4.74 Å². The summed E-state index contributed by atoms with van der Waals surface area (Å²) < 4.78 is 6.28. The summed E-state index contributed by atoms with van der Waals surface area (Å²) >= 11 is 0.